The quantitative estimate of drug-likeness (QED) is 0.838. The molecule has 1 aromatic carbocycles. The molecule has 4 nitrogen and oxygen atoms in total. The zero-order valence-electron chi connectivity index (χ0n) is 11.4. The van der Waals surface area contributed by atoms with E-state index in [1.54, 1.807) is 24.3 Å². The van der Waals surface area contributed by atoms with Crippen LogP contribution in [0, 0.1) is 5.92 Å². The molecule has 0 saturated heterocycles. The highest BCUT2D eigenvalue weighted by Gasteiger charge is 2.29. The van der Waals surface area contributed by atoms with Gasteiger partial charge < -0.3 is 10.6 Å². The van der Waals surface area contributed by atoms with Crippen molar-refractivity contribution in [3.8, 4) is 0 Å². The van der Waals surface area contributed by atoms with Crippen molar-refractivity contribution in [1.29, 1.82) is 0 Å². The van der Waals surface area contributed by atoms with Crippen LogP contribution in [0.15, 0.2) is 30.3 Å². The summed E-state index contributed by atoms with van der Waals surface area (Å²) in [6, 6.07) is 8.53. The van der Waals surface area contributed by atoms with E-state index < -0.39 is 0 Å². The van der Waals surface area contributed by atoms with E-state index in [4.69, 9.17) is 23.2 Å². The van der Waals surface area contributed by atoms with Gasteiger partial charge in [0.25, 0.3) is 5.91 Å². The van der Waals surface area contributed by atoms with Crippen molar-refractivity contribution in [3.05, 3.63) is 44.6 Å². The molecule has 0 bridgehead atoms. The van der Waals surface area contributed by atoms with Crippen molar-refractivity contribution < 1.29 is 9.59 Å². The molecule has 2 N–H and O–H groups in total. The fraction of sp³-hybridized carbons (Fsp3) is 0.200. The lowest BCUT2D eigenvalue weighted by Gasteiger charge is -2.08. The zero-order valence-corrected chi connectivity index (χ0v) is 13.7. The average Bonchev–Trinajstić information content (AvgIpc) is 3.24. The van der Waals surface area contributed by atoms with Crippen LogP contribution in [0.4, 0.5) is 11.4 Å². The average molecular weight is 355 g/mol. The zero-order chi connectivity index (χ0) is 15.7. The number of hydrogen-bond acceptors (Lipinski definition) is 3. The van der Waals surface area contributed by atoms with Crippen LogP contribution >= 0.6 is 34.5 Å². The second-order valence-electron chi connectivity index (χ2n) is 5.04. The normalized spacial score (nSPS) is 13.7. The van der Waals surface area contributed by atoms with Crippen LogP contribution in [0.1, 0.15) is 23.2 Å². The Labute approximate surface area is 141 Å². The van der Waals surface area contributed by atoms with E-state index in [1.807, 2.05) is 0 Å². The number of carbonyl (C=O) groups is 2. The molecule has 22 heavy (non-hydrogen) atoms. The first-order valence-corrected chi connectivity index (χ1v) is 8.27. The molecule has 114 valence electrons. The number of thiophene rings is 1. The number of anilines is 2. The topological polar surface area (TPSA) is 58.2 Å². The Hall–Kier alpha value is -1.56. The van der Waals surface area contributed by atoms with Crippen LogP contribution < -0.4 is 10.6 Å². The maximum Gasteiger partial charge on any atom is 0.258 e. The summed E-state index contributed by atoms with van der Waals surface area (Å²) in [4.78, 5) is 23.9. The fourth-order valence-corrected chi connectivity index (χ4v) is 3.42. The predicted octanol–water partition coefficient (Wildman–Crippen LogP) is 4.66. The van der Waals surface area contributed by atoms with Gasteiger partial charge >= 0.3 is 0 Å². The van der Waals surface area contributed by atoms with Gasteiger partial charge in [0.05, 0.1) is 9.90 Å². The van der Waals surface area contributed by atoms with Crippen molar-refractivity contribution in [3.63, 3.8) is 0 Å². The second-order valence-corrected chi connectivity index (χ2v) is 7.32. The van der Waals surface area contributed by atoms with Gasteiger partial charge in [-0.25, -0.2) is 0 Å². The first-order chi connectivity index (χ1) is 10.5. The summed E-state index contributed by atoms with van der Waals surface area (Å²) in [7, 11) is 0. The molecule has 0 unspecified atom stereocenters. The first kappa shape index (κ1) is 15.3. The molecule has 2 aromatic rings. The lowest BCUT2D eigenvalue weighted by molar-refractivity contribution is -0.117. The number of carbonyl (C=O) groups excluding carboxylic acids is 2. The smallest absolute Gasteiger partial charge is 0.258 e. The molecule has 2 amide bonds. The summed E-state index contributed by atoms with van der Waals surface area (Å²) in [5.41, 5.74) is 1.57. The minimum atomic E-state index is -0.334. The Morgan fingerprint density at radius 3 is 2.36 bits per heavy atom. The summed E-state index contributed by atoms with van der Waals surface area (Å²) < 4.78 is 0.807. The molecule has 1 aliphatic carbocycles. The van der Waals surface area contributed by atoms with Crippen LogP contribution in [0.5, 0.6) is 0 Å². The number of benzene rings is 1. The standard InChI is InChI=1S/C15H12Cl2N2O2S/c16-12-7-11(13(17)22-12)15(21)19-10-3-1-2-9(6-10)18-14(20)8-4-5-8/h1-3,6-8H,4-5H2,(H,18,20)(H,19,21). The Morgan fingerprint density at radius 1 is 1.09 bits per heavy atom. The van der Waals surface area contributed by atoms with Crippen LogP contribution in [0.25, 0.3) is 0 Å². The molecule has 1 fully saturated rings. The van der Waals surface area contributed by atoms with Crippen molar-refractivity contribution >= 4 is 57.7 Å². The van der Waals surface area contributed by atoms with Gasteiger partial charge in [-0.05, 0) is 37.1 Å². The SMILES string of the molecule is O=C(Nc1cccc(NC(=O)C2CC2)c1)c1cc(Cl)sc1Cl. The monoisotopic (exact) mass is 354 g/mol. The van der Waals surface area contributed by atoms with Crippen LogP contribution in [-0.2, 0) is 4.79 Å². The number of amides is 2. The molecule has 7 heteroatoms. The second kappa shape index (κ2) is 6.28. The third kappa shape index (κ3) is 3.61. The summed E-state index contributed by atoms with van der Waals surface area (Å²) in [5.74, 6) is -0.181. The molecule has 0 atom stereocenters. The third-order valence-corrected chi connectivity index (χ3v) is 4.73. The highest BCUT2D eigenvalue weighted by atomic mass is 35.5. The molecule has 0 spiro atoms. The van der Waals surface area contributed by atoms with Gasteiger partial charge in [0.2, 0.25) is 5.91 Å². The molecule has 0 aliphatic heterocycles. The van der Waals surface area contributed by atoms with E-state index in [9.17, 15) is 9.59 Å². The van der Waals surface area contributed by atoms with E-state index in [-0.39, 0.29) is 17.7 Å². The van der Waals surface area contributed by atoms with E-state index in [1.165, 1.54) is 6.07 Å². The van der Waals surface area contributed by atoms with Crippen molar-refractivity contribution in [1.82, 2.24) is 0 Å². The number of nitrogens with one attached hydrogen (secondary N) is 2. The minimum Gasteiger partial charge on any atom is -0.326 e. The maximum absolute atomic E-state index is 12.2. The summed E-state index contributed by atoms with van der Waals surface area (Å²) in [6.07, 6.45) is 1.89. The minimum absolute atomic E-state index is 0.0242. The van der Waals surface area contributed by atoms with E-state index >= 15 is 0 Å². The lowest BCUT2D eigenvalue weighted by Crippen LogP contribution is -2.14. The first-order valence-electron chi connectivity index (χ1n) is 6.70. The van der Waals surface area contributed by atoms with Gasteiger partial charge in [-0.1, -0.05) is 29.3 Å². The Bertz CT molecular complexity index is 741. The van der Waals surface area contributed by atoms with Gasteiger partial charge in [-0.3, -0.25) is 9.59 Å². The van der Waals surface area contributed by atoms with Gasteiger partial charge in [-0.15, -0.1) is 11.3 Å². The Balaban J connectivity index is 1.70. The molecule has 1 saturated carbocycles. The fourth-order valence-electron chi connectivity index (χ4n) is 1.96. The highest BCUT2D eigenvalue weighted by molar-refractivity contribution is 7.20. The Morgan fingerprint density at radius 2 is 1.77 bits per heavy atom. The van der Waals surface area contributed by atoms with E-state index in [2.05, 4.69) is 10.6 Å². The highest BCUT2D eigenvalue weighted by Crippen LogP contribution is 2.32. The number of hydrogen-bond donors (Lipinski definition) is 2. The molecule has 0 radical (unpaired) electrons. The molecule has 1 aromatic heterocycles. The van der Waals surface area contributed by atoms with Crippen molar-refractivity contribution in [2.75, 3.05) is 10.6 Å². The Kier molecular flexibility index (Phi) is 4.38. The van der Waals surface area contributed by atoms with Crippen molar-refractivity contribution in [2.24, 2.45) is 5.92 Å². The van der Waals surface area contributed by atoms with Crippen LogP contribution in [0.2, 0.25) is 8.67 Å². The molecular weight excluding hydrogens is 343 g/mol. The maximum atomic E-state index is 12.2. The number of halogens is 2. The van der Waals surface area contributed by atoms with Gasteiger partial charge in [0.15, 0.2) is 0 Å². The van der Waals surface area contributed by atoms with Crippen molar-refractivity contribution in [2.45, 2.75) is 12.8 Å². The third-order valence-electron chi connectivity index (χ3n) is 3.24. The molecular formula is C15H12Cl2N2O2S. The van der Waals surface area contributed by atoms with Gasteiger partial charge in [-0.2, -0.15) is 0 Å². The van der Waals surface area contributed by atoms with Crippen LogP contribution in [-0.4, -0.2) is 11.8 Å². The molecule has 3 rings (SSSR count). The predicted molar refractivity (Wildman–Crippen MR) is 90.1 cm³/mol. The summed E-state index contributed by atoms with van der Waals surface area (Å²) >= 11 is 12.9. The summed E-state index contributed by atoms with van der Waals surface area (Å²) in [5, 5.41) is 5.58. The van der Waals surface area contributed by atoms with E-state index in [0.717, 1.165) is 24.2 Å². The molecule has 1 aliphatic rings. The number of rotatable bonds is 4. The van der Waals surface area contributed by atoms with E-state index in [0.29, 0.717) is 25.6 Å². The van der Waals surface area contributed by atoms with Gasteiger partial charge in [0.1, 0.15) is 4.34 Å². The summed E-state index contributed by atoms with van der Waals surface area (Å²) in [6.45, 7) is 0. The molecule has 1 heterocycles. The lowest BCUT2D eigenvalue weighted by atomic mass is 10.2. The largest absolute Gasteiger partial charge is 0.326 e. The van der Waals surface area contributed by atoms with Gasteiger partial charge in [0, 0.05) is 17.3 Å². The van der Waals surface area contributed by atoms with Crippen LogP contribution in [0.3, 0.4) is 0 Å².